The Morgan fingerprint density at radius 2 is 2.12 bits per heavy atom. The second-order valence-corrected chi connectivity index (χ2v) is 3.91. The molecule has 84 valence electrons. The zero-order valence-electron chi connectivity index (χ0n) is 9.37. The number of nitrogens with zero attached hydrogens (tertiary/aromatic N) is 1. The summed E-state index contributed by atoms with van der Waals surface area (Å²) in [4.78, 5) is 12.0. The van der Waals surface area contributed by atoms with Gasteiger partial charge in [-0.15, -0.1) is 0 Å². The van der Waals surface area contributed by atoms with Crippen molar-refractivity contribution < 1.29 is 13.9 Å². The Morgan fingerprint density at radius 3 is 2.62 bits per heavy atom. The molecule has 0 aliphatic rings. The molecule has 0 N–H and O–H groups in total. The first-order chi connectivity index (χ1) is 7.42. The lowest BCUT2D eigenvalue weighted by atomic mass is 9.85. The van der Waals surface area contributed by atoms with Gasteiger partial charge in [-0.1, -0.05) is 0 Å². The lowest BCUT2D eigenvalue weighted by Crippen LogP contribution is -2.22. The minimum absolute atomic E-state index is 0.0917. The number of benzene rings is 1. The predicted octanol–water partition coefficient (Wildman–Crippen LogP) is 2.57. The van der Waals surface area contributed by atoms with Crippen molar-refractivity contribution in [1.82, 2.24) is 0 Å². The third kappa shape index (κ3) is 2.19. The quantitative estimate of drug-likeness (QED) is 0.737. The van der Waals surface area contributed by atoms with Gasteiger partial charge in [0.05, 0.1) is 18.7 Å². The van der Waals surface area contributed by atoms with Crippen LogP contribution in [0.4, 0.5) is 4.39 Å². The van der Waals surface area contributed by atoms with Gasteiger partial charge in [-0.2, -0.15) is 5.26 Å². The molecule has 0 amide bonds. The summed E-state index contributed by atoms with van der Waals surface area (Å²) in [6.07, 6.45) is 0. The second-order valence-electron chi connectivity index (χ2n) is 3.91. The summed E-state index contributed by atoms with van der Waals surface area (Å²) in [5, 5.41) is 8.85. The van der Waals surface area contributed by atoms with E-state index in [1.807, 2.05) is 6.07 Å². The molecule has 16 heavy (non-hydrogen) atoms. The molecule has 0 saturated heterocycles. The van der Waals surface area contributed by atoms with Crippen LogP contribution >= 0.6 is 0 Å². The molecule has 0 aliphatic carbocycles. The molecular weight excluding hydrogens is 209 g/mol. The smallest absolute Gasteiger partial charge is 0.186 e. The van der Waals surface area contributed by atoms with E-state index in [9.17, 15) is 9.18 Å². The monoisotopic (exact) mass is 221 g/mol. The molecule has 0 fully saturated rings. The average molecular weight is 221 g/mol. The lowest BCUT2D eigenvalue weighted by molar-refractivity contribution is 0.0888. The summed E-state index contributed by atoms with van der Waals surface area (Å²) < 4.78 is 18.0. The summed E-state index contributed by atoms with van der Waals surface area (Å²) in [5.41, 5.74) is -1.10. The molecule has 0 atom stereocenters. The number of hydrogen-bond acceptors (Lipinski definition) is 3. The van der Waals surface area contributed by atoms with Gasteiger partial charge in [0.2, 0.25) is 0 Å². The number of rotatable bonds is 3. The van der Waals surface area contributed by atoms with Crippen LogP contribution in [0.1, 0.15) is 24.2 Å². The number of carbonyl (C=O) groups is 1. The fraction of sp³-hybridized carbons (Fsp3) is 0.333. The highest BCUT2D eigenvalue weighted by atomic mass is 19.1. The van der Waals surface area contributed by atoms with E-state index in [0.717, 1.165) is 6.07 Å². The third-order valence-electron chi connectivity index (χ3n) is 2.25. The molecule has 1 aromatic rings. The van der Waals surface area contributed by atoms with Crippen molar-refractivity contribution in [2.75, 3.05) is 7.11 Å². The van der Waals surface area contributed by atoms with Crippen LogP contribution in [0.25, 0.3) is 0 Å². The molecule has 4 heteroatoms. The van der Waals surface area contributed by atoms with Crippen molar-refractivity contribution in [3.8, 4) is 11.8 Å². The van der Waals surface area contributed by atoms with Crippen LogP contribution in [0.3, 0.4) is 0 Å². The Hall–Kier alpha value is -1.89. The SMILES string of the molecule is COc1ccc(F)cc1C(=O)C(C)(C)C#N. The highest BCUT2D eigenvalue weighted by molar-refractivity contribution is 6.03. The van der Waals surface area contributed by atoms with Crippen molar-refractivity contribution in [3.63, 3.8) is 0 Å². The number of ether oxygens (including phenoxy) is 1. The summed E-state index contributed by atoms with van der Waals surface area (Å²) in [6.45, 7) is 2.97. The fourth-order valence-electron chi connectivity index (χ4n) is 1.25. The van der Waals surface area contributed by atoms with Crippen molar-refractivity contribution in [2.45, 2.75) is 13.8 Å². The van der Waals surface area contributed by atoms with E-state index < -0.39 is 17.0 Å². The summed E-state index contributed by atoms with van der Waals surface area (Å²) in [6, 6.07) is 5.54. The molecule has 0 bridgehead atoms. The van der Waals surface area contributed by atoms with Gasteiger partial charge in [-0.05, 0) is 32.0 Å². The van der Waals surface area contributed by atoms with Crippen molar-refractivity contribution in [2.24, 2.45) is 5.41 Å². The molecule has 0 heterocycles. The Balaban J connectivity index is 3.28. The Kier molecular flexibility index (Phi) is 3.28. The molecule has 1 rings (SSSR count). The van der Waals surface area contributed by atoms with Gasteiger partial charge in [0.15, 0.2) is 5.78 Å². The van der Waals surface area contributed by atoms with E-state index in [1.165, 1.54) is 33.1 Å². The zero-order chi connectivity index (χ0) is 12.3. The fourth-order valence-corrected chi connectivity index (χ4v) is 1.25. The minimum atomic E-state index is -1.19. The number of nitriles is 1. The highest BCUT2D eigenvalue weighted by Crippen LogP contribution is 2.27. The number of methoxy groups -OCH3 is 1. The minimum Gasteiger partial charge on any atom is -0.496 e. The molecular formula is C12H12FNO2. The maximum Gasteiger partial charge on any atom is 0.186 e. The molecule has 0 aromatic heterocycles. The Bertz CT molecular complexity index is 461. The van der Waals surface area contributed by atoms with Gasteiger partial charge in [0.1, 0.15) is 17.0 Å². The van der Waals surface area contributed by atoms with Crippen LogP contribution < -0.4 is 4.74 Å². The maximum atomic E-state index is 13.0. The van der Waals surface area contributed by atoms with Crippen molar-refractivity contribution >= 4 is 5.78 Å². The number of ketones is 1. The van der Waals surface area contributed by atoms with Crippen LogP contribution in [-0.2, 0) is 0 Å². The number of halogens is 1. The van der Waals surface area contributed by atoms with Crippen LogP contribution in [0, 0.1) is 22.6 Å². The van der Waals surface area contributed by atoms with E-state index in [0.29, 0.717) is 0 Å². The zero-order valence-corrected chi connectivity index (χ0v) is 9.37. The average Bonchev–Trinajstić information content (AvgIpc) is 2.28. The first kappa shape index (κ1) is 12.2. The Labute approximate surface area is 93.5 Å². The predicted molar refractivity (Wildman–Crippen MR) is 56.7 cm³/mol. The number of carbonyl (C=O) groups excluding carboxylic acids is 1. The standard InChI is InChI=1S/C12H12FNO2/c1-12(2,7-14)11(15)9-6-8(13)4-5-10(9)16-3/h4-6H,1-3H3. The van der Waals surface area contributed by atoms with Crippen LogP contribution in [0.2, 0.25) is 0 Å². The van der Waals surface area contributed by atoms with Gasteiger partial charge in [0, 0.05) is 0 Å². The number of Topliss-reactive ketones (excluding diaryl/α,β-unsaturated/α-hetero) is 1. The normalized spacial score (nSPS) is 10.7. The van der Waals surface area contributed by atoms with Gasteiger partial charge < -0.3 is 4.74 Å². The first-order valence-corrected chi connectivity index (χ1v) is 4.72. The molecule has 0 radical (unpaired) electrons. The van der Waals surface area contributed by atoms with Gasteiger partial charge >= 0.3 is 0 Å². The van der Waals surface area contributed by atoms with Crippen molar-refractivity contribution in [1.29, 1.82) is 5.26 Å². The van der Waals surface area contributed by atoms with Gasteiger partial charge in [-0.25, -0.2) is 4.39 Å². The second kappa shape index (κ2) is 4.31. The maximum absolute atomic E-state index is 13.0. The van der Waals surface area contributed by atoms with Crippen LogP contribution in [-0.4, -0.2) is 12.9 Å². The van der Waals surface area contributed by atoms with Crippen LogP contribution in [0.15, 0.2) is 18.2 Å². The topological polar surface area (TPSA) is 50.1 Å². The molecule has 0 unspecified atom stereocenters. The molecule has 1 aromatic carbocycles. The molecule has 0 saturated carbocycles. The van der Waals surface area contributed by atoms with E-state index in [-0.39, 0.29) is 11.3 Å². The highest BCUT2D eigenvalue weighted by Gasteiger charge is 2.30. The largest absolute Gasteiger partial charge is 0.496 e. The Morgan fingerprint density at radius 1 is 1.50 bits per heavy atom. The molecule has 0 spiro atoms. The first-order valence-electron chi connectivity index (χ1n) is 4.72. The summed E-state index contributed by atoms with van der Waals surface area (Å²) >= 11 is 0. The molecule has 3 nitrogen and oxygen atoms in total. The summed E-state index contributed by atoms with van der Waals surface area (Å²) in [5.74, 6) is -0.709. The van der Waals surface area contributed by atoms with Crippen molar-refractivity contribution in [3.05, 3.63) is 29.6 Å². The summed E-state index contributed by atoms with van der Waals surface area (Å²) in [7, 11) is 1.39. The van der Waals surface area contributed by atoms with Gasteiger partial charge in [0.25, 0.3) is 0 Å². The van der Waals surface area contributed by atoms with E-state index >= 15 is 0 Å². The van der Waals surface area contributed by atoms with E-state index in [1.54, 1.807) is 0 Å². The van der Waals surface area contributed by atoms with Gasteiger partial charge in [-0.3, -0.25) is 4.79 Å². The van der Waals surface area contributed by atoms with E-state index in [2.05, 4.69) is 0 Å². The molecule has 0 aliphatic heterocycles. The number of hydrogen-bond donors (Lipinski definition) is 0. The lowest BCUT2D eigenvalue weighted by Gasteiger charge is -2.15. The third-order valence-corrected chi connectivity index (χ3v) is 2.25. The van der Waals surface area contributed by atoms with Crippen LogP contribution in [0.5, 0.6) is 5.75 Å². The van der Waals surface area contributed by atoms with E-state index in [4.69, 9.17) is 10.00 Å².